The third-order valence-electron chi connectivity index (χ3n) is 3.76. The zero-order valence-electron chi connectivity index (χ0n) is 11.9. The van der Waals surface area contributed by atoms with Crippen molar-refractivity contribution in [3.8, 4) is 0 Å². The van der Waals surface area contributed by atoms with Gasteiger partial charge in [-0.2, -0.15) is 0 Å². The van der Waals surface area contributed by atoms with Crippen molar-refractivity contribution in [3.63, 3.8) is 0 Å². The standard InChI is InChI=1S/C14H30N2O/c1-4-9-16(11-10-15(2)3)12-13-7-5-6-8-14(13)17/h13-14,17H,4-12H2,1-3H3. The summed E-state index contributed by atoms with van der Waals surface area (Å²) in [6, 6.07) is 0. The minimum atomic E-state index is -0.0533. The van der Waals surface area contributed by atoms with E-state index in [-0.39, 0.29) is 6.10 Å². The predicted octanol–water partition coefficient (Wildman–Crippen LogP) is 1.81. The summed E-state index contributed by atoms with van der Waals surface area (Å²) < 4.78 is 0. The Kier molecular flexibility index (Phi) is 7.09. The molecule has 2 unspecified atom stereocenters. The molecule has 2 atom stereocenters. The second-order valence-corrected chi connectivity index (χ2v) is 5.72. The van der Waals surface area contributed by atoms with Crippen LogP contribution in [-0.4, -0.2) is 61.3 Å². The molecule has 1 N–H and O–H groups in total. The van der Waals surface area contributed by atoms with Crippen LogP contribution in [-0.2, 0) is 0 Å². The Hall–Kier alpha value is -0.120. The summed E-state index contributed by atoms with van der Waals surface area (Å²) in [6.45, 7) is 6.73. The Morgan fingerprint density at radius 3 is 2.35 bits per heavy atom. The smallest absolute Gasteiger partial charge is 0.0580 e. The van der Waals surface area contributed by atoms with E-state index in [0.29, 0.717) is 5.92 Å². The third-order valence-corrected chi connectivity index (χ3v) is 3.76. The summed E-state index contributed by atoms with van der Waals surface area (Å²) in [7, 11) is 4.25. The molecule has 3 nitrogen and oxygen atoms in total. The zero-order valence-corrected chi connectivity index (χ0v) is 11.9. The lowest BCUT2D eigenvalue weighted by Crippen LogP contribution is -2.40. The number of nitrogens with zero attached hydrogens (tertiary/aromatic N) is 2. The van der Waals surface area contributed by atoms with Gasteiger partial charge < -0.3 is 14.9 Å². The van der Waals surface area contributed by atoms with Gasteiger partial charge in [0, 0.05) is 19.6 Å². The molecule has 0 bridgehead atoms. The molecule has 0 saturated heterocycles. The van der Waals surface area contributed by atoms with E-state index in [1.165, 1.54) is 25.7 Å². The van der Waals surface area contributed by atoms with E-state index >= 15 is 0 Å². The molecule has 0 amide bonds. The molecular weight excluding hydrogens is 212 g/mol. The number of aliphatic hydroxyl groups excluding tert-OH is 1. The van der Waals surface area contributed by atoms with Crippen molar-refractivity contribution in [3.05, 3.63) is 0 Å². The molecule has 1 aliphatic carbocycles. The van der Waals surface area contributed by atoms with Gasteiger partial charge in [0.25, 0.3) is 0 Å². The molecule has 0 aromatic carbocycles. The molecule has 102 valence electrons. The lowest BCUT2D eigenvalue weighted by molar-refractivity contribution is 0.0452. The fraction of sp³-hybridized carbons (Fsp3) is 1.00. The highest BCUT2D eigenvalue weighted by molar-refractivity contribution is 4.77. The Balaban J connectivity index is 2.35. The quantitative estimate of drug-likeness (QED) is 0.737. The number of likely N-dealkylation sites (N-methyl/N-ethyl adjacent to an activating group) is 1. The zero-order chi connectivity index (χ0) is 12.7. The van der Waals surface area contributed by atoms with Crippen LogP contribution in [0.15, 0.2) is 0 Å². The summed E-state index contributed by atoms with van der Waals surface area (Å²) in [5.74, 6) is 0.512. The predicted molar refractivity (Wildman–Crippen MR) is 73.2 cm³/mol. The third kappa shape index (κ3) is 5.84. The van der Waals surface area contributed by atoms with Crippen molar-refractivity contribution >= 4 is 0 Å². The van der Waals surface area contributed by atoms with E-state index in [0.717, 1.165) is 32.6 Å². The van der Waals surface area contributed by atoms with Gasteiger partial charge in [-0.3, -0.25) is 0 Å². The van der Waals surface area contributed by atoms with Crippen LogP contribution >= 0.6 is 0 Å². The van der Waals surface area contributed by atoms with E-state index in [2.05, 4.69) is 30.8 Å². The van der Waals surface area contributed by atoms with Crippen LogP contribution in [0.3, 0.4) is 0 Å². The van der Waals surface area contributed by atoms with E-state index in [9.17, 15) is 5.11 Å². The number of hydrogen-bond donors (Lipinski definition) is 1. The normalized spacial score (nSPS) is 25.8. The molecule has 1 aliphatic rings. The summed E-state index contributed by atoms with van der Waals surface area (Å²) in [5.41, 5.74) is 0. The second-order valence-electron chi connectivity index (χ2n) is 5.72. The van der Waals surface area contributed by atoms with Crippen LogP contribution in [0, 0.1) is 5.92 Å². The maximum absolute atomic E-state index is 10.0. The van der Waals surface area contributed by atoms with Gasteiger partial charge in [-0.1, -0.05) is 19.8 Å². The van der Waals surface area contributed by atoms with Crippen molar-refractivity contribution in [1.29, 1.82) is 0 Å². The van der Waals surface area contributed by atoms with Crippen LogP contribution in [0.1, 0.15) is 39.0 Å². The highest BCUT2D eigenvalue weighted by Gasteiger charge is 2.24. The molecule has 1 fully saturated rings. The fourth-order valence-corrected chi connectivity index (χ4v) is 2.68. The topological polar surface area (TPSA) is 26.7 Å². The van der Waals surface area contributed by atoms with Gasteiger partial charge >= 0.3 is 0 Å². The van der Waals surface area contributed by atoms with Gasteiger partial charge in [-0.15, -0.1) is 0 Å². The summed E-state index contributed by atoms with van der Waals surface area (Å²) in [5, 5.41) is 10.0. The maximum atomic E-state index is 10.0. The first-order valence-corrected chi connectivity index (χ1v) is 7.18. The van der Waals surface area contributed by atoms with E-state index in [4.69, 9.17) is 0 Å². The van der Waals surface area contributed by atoms with E-state index < -0.39 is 0 Å². The molecule has 0 aromatic heterocycles. The Morgan fingerprint density at radius 1 is 1.06 bits per heavy atom. The van der Waals surface area contributed by atoms with Gasteiger partial charge in [-0.25, -0.2) is 0 Å². The molecule has 0 radical (unpaired) electrons. The van der Waals surface area contributed by atoms with Crippen LogP contribution in [0.5, 0.6) is 0 Å². The molecule has 1 saturated carbocycles. The van der Waals surface area contributed by atoms with Crippen molar-refractivity contribution in [2.24, 2.45) is 5.92 Å². The Labute approximate surface area is 107 Å². The van der Waals surface area contributed by atoms with Crippen LogP contribution in [0.4, 0.5) is 0 Å². The molecule has 17 heavy (non-hydrogen) atoms. The Bertz CT molecular complexity index is 197. The van der Waals surface area contributed by atoms with Gasteiger partial charge in [0.1, 0.15) is 0 Å². The molecule has 0 aromatic rings. The van der Waals surface area contributed by atoms with Crippen molar-refractivity contribution < 1.29 is 5.11 Å². The summed E-state index contributed by atoms with van der Waals surface area (Å²) >= 11 is 0. The van der Waals surface area contributed by atoms with Gasteiger partial charge in [0.2, 0.25) is 0 Å². The van der Waals surface area contributed by atoms with E-state index in [1.807, 2.05) is 0 Å². The molecule has 0 spiro atoms. The molecular formula is C14H30N2O. The summed E-state index contributed by atoms with van der Waals surface area (Å²) in [4.78, 5) is 4.76. The minimum Gasteiger partial charge on any atom is -0.393 e. The largest absolute Gasteiger partial charge is 0.393 e. The van der Waals surface area contributed by atoms with Gasteiger partial charge in [0.15, 0.2) is 0 Å². The average molecular weight is 242 g/mol. The molecule has 3 heteroatoms. The lowest BCUT2D eigenvalue weighted by Gasteiger charge is -2.33. The Morgan fingerprint density at radius 2 is 1.76 bits per heavy atom. The fourth-order valence-electron chi connectivity index (χ4n) is 2.68. The van der Waals surface area contributed by atoms with Gasteiger partial charge in [0.05, 0.1) is 6.10 Å². The number of aliphatic hydroxyl groups is 1. The van der Waals surface area contributed by atoms with Crippen LogP contribution in [0.25, 0.3) is 0 Å². The van der Waals surface area contributed by atoms with E-state index in [1.54, 1.807) is 0 Å². The molecule has 0 aliphatic heterocycles. The van der Waals surface area contributed by atoms with Crippen molar-refractivity contribution in [2.75, 3.05) is 40.3 Å². The highest BCUT2D eigenvalue weighted by atomic mass is 16.3. The number of hydrogen-bond acceptors (Lipinski definition) is 3. The molecule has 1 rings (SSSR count). The monoisotopic (exact) mass is 242 g/mol. The first kappa shape index (κ1) is 14.9. The lowest BCUT2D eigenvalue weighted by atomic mass is 9.86. The van der Waals surface area contributed by atoms with Crippen molar-refractivity contribution in [2.45, 2.75) is 45.1 Å². The first-order chi connectivity index (χ1) is 8.13. The average Bonchev–Trinajstić information content (AvgIpc) is 2.29. The second kappa shape index (κ2) is 8.06. The molecule has 0 heterocycles. The van der Waals surface area contributed by atoms with Gasteiger partial charge in [-0.05, 0) is 45.8 Å². The van der Waals surface area contributed by atoms with Crippen molar-refractivity contribution in [1.82, 2.24) is 9.80 Å². The van der Waals surface area contributed by atoms with Crippen LogP contribution < -0.4 is 0 Å². The summed E-state index contributed by atoms with van der Waals surface area (Å²) in [6.07, 6.45) is 5.89. The minimum absolute atomic E-state index is 0.0533. The first-order valence-electron chi connectivity index (χ1n) is 7.18. The number of rotatable bonds is 7. The SMILES string of the molecule is CCCN(CCN(C)C)CC1CCCCC1O. The highest BCUT2D eigenvalue weighted by Crippen LogP contribution is 2.25. The maximum Gasteiger partial charge on any atom is 0.0580 e. The van der Waals surface area contributed by atoms with Crippen LogP contribution in [0.2, 0.25) is 0 Å².